The Kier molecular flexibility index (Phi) is 5.92. The molecule has 31 heavy (non-hydrogen) atoms. The van der Waals surface area contributed by atoms with Crippen LogP contribution < -0.4 is 21.1 Å². The Morgan fingerprint density at radius 3 is 1.29 bits per heavy atom. The van der Waals surface area contributed by atoms with Crippen LogP contribution in [0.2, 0.25) is 0 Å². The maximum atomic E-state index is 14.7. The van der Waals surface area contributed by atoms with Gasteiger partial charge in [0.05, 0.1) is 7.11 Å². The molecule has 1 nitrogen and oxygen atoms in total. The van der Waals surface area contributed by atoms with Crippen LogP contribution in [0.4, 0.5) is 43.9 Å². The summed E-state index contributed by atoms with van der Waals surface area (Å²) in [5.41, 5.74) is -4.57. The Hall–Kier alpha value is -3.18. The van der Waals surface area contributed by atoms with Crippen molar-refractivity contribution in [1.82, 2.24) is 0 Å². The fourth-order valence-electron chi connectivity index (χ4n) is 3.11. The van der Waals surface area contributed by atoms with E-state index in [9.17, 15) is 43.9 Å². The van der Waals surface area contributed by atoms with Crippen molar-refractivity contribution in [1.29, 1.82) is 0 Å². The molecule has 0 amide bonds. The van der Waals surface area contributed by atoms with Crippen molar-refractivity contribution in [2.45, 2.75) is 0 Å². The molecule has 0 spiro atoms. The van der Waals surface area contributed by atoms with E-state index in [1.165, 1.54) is 0 Å². The van der Waals surface area contributed by atoms with Gasteiger partial charge in [0.15, 0.2) is 40.7 Å². The van der Waals surface area contributed by atoms with E-state index in [2.05, 4.69) is 4.74 Å². The standard InChI is InChI=1S/C19H7BF10O/c1-31-19-17(29)15(27)12(16(28)18(19)30)20(8-2-6(21)4-10(23)13(8)25)9-3-7(22)5-11(24)14(9)26/h2-5H,1H3. The van der Waals surface area contributed by atoms with Gasteiger partial charge in [0.25, 0.3) is 6.71 Å². The number of hydrogen-bond donors (Lipinski definition) is 0. The molecule has 0 aliphatic heterocycles. The van der Waals surface area contributed by atoms with Gasteiger partial charge in [0.1, 0.15) is 11.6 Å². The summed E-state index contributed by atoms with van der Waals surface area (Å²) < 4.78 is 146. The predicted molar refractivity (Wildman–Crippen MR) is 90.1 cm³/mol. The zero-order chi connectivity index (χ0) is 23.2. The molecule has 12 heteroatoms. The van der Waals surface area contributed by atoms with Crippen LogP contribution in [0.5, 0.6) is 5.75 Å². The normalized spacial score (nSPS) is 11.1. The maximum absolute atomic E-state index is 14.7. The zero-order valence-electron chi connectivity index (χ0n) is 15.1. The van der Waals surface area contributed by atoms with E-state index in [1.807, 2.05) is 0 Å². The molecule has 0 unspecified atom stereocenters. The second-order valence-electron chi connectivity index (χ2n) is 6.22. The minimum absolute atomic E-state index is 0.0142. The highest BCUT2D eigenvalue weighted by atomic mass is 19.2. The largest absolute Gasteiger partial charge is 0.491 e. The molecule has 162 valence electrons. The molecule has 0 N–H and O–H groups in total. The number of ether oxygens (including phenoxy) is 1. The van der Waals surface area contributed by atoms with E-state index >= 15 is 0 Å². The fraction of sp³-hybridized carbons (Fsp3) is 0.0526. The average molecular weight is 452 g/mol. The molecule has 0 saturated carbocycles. The third kappa shape index (κ3) is 3.70. The lowest BCUT2D eigenvalue weighted by Crippen LogP contribution is -2.58. The van der Waals surface area contributed by atoms with Crippen molar-refractivity contribution in [3.8, 4) is 5.75 Å². The Morgan fingerprint density at radius 1 is 0.548 bits per heavy atom. The highest BCUT2D eigenvalue weighted by Crippen LogP contribution is 2.26. The van der Waals surface area contributed by atoms with Gasteiger partial charge in [-0.25, -0.2) is 35.1 Å². The van der Waals surface area contributed by atoms with Gasteiger partial charge in [-0.3, -0.25) is 0 Å². The molecule has 0 bridgehead atoms. The Labute approximate surface area is 168 Å². The zero-order valence-corrected chi connectivity index (χ0v) is 15.1. The summed E-state index contributed by atoms with van der Waals surface area (Å²) >= 11 is 0. The minimum atomic E-state index is -2.75. The molecule has 0 atom stereocenters. The van der Waals surface area contributed by atoms with Crippen LogP contribution in [-0.4, -0.2) is 13.8 Å². The highest BCUT2D eigenvalue weighted by Gasteiger charge is 2.39. The van der Waals surface area contributed by atoms with Crippen molar-refractivity contribution >= 4 is 23.1 Å². The summed E-state index contributed by atoms with van der Waals surface area (Å²) in [7, 11) is 0.654. The van der Waals surface area contributed by atoms with Gasteiger partial charge in [0, 0.05) is 17.6 Å². The third-order valence-electron chi connectivity index (χ3n) is 4.41. The summed E-state index contributed by atoms with van der Waals surface area (Å²) in [6.45, 7) is -2.75. The van der Waals surface area contributed by atoms with Crippen molar-refractivity contribution in [2.24, 2.45) is 0 Å². The lowest BCUT2D eigenvalue weighted by Gasteiger charge is -2.20. The van der Waals surface area contributed by atoms with E-state index in [0.717, 1.165) is 0 Å². The van der Waals surface area contributed by atoms with Crippen LogP contribution in [0.15, 0.2) is 24.3 Å². The first-order chi connectivity index (χ1) is 14.5. The van der Waals surface area contributed by atoms with Crippen molar-refractivity contribution < 1.29 is 48.6 Å². The first-order valence-electron chi connectivity index (χ1n) is 8.18. The van der Waals surface area contributed by atoms with E-state index in [1.54, 1.807) is 0 Å². The topological polar surface area (TPSA) is 9.23 Å². The number of hydrogen-bond acceptors (Lipinski definition) is 1. The molecule has 0 saturated heterocycles. The second kappa shape index (κ2) is 8.16. The Bertz CT molecular complexity index is 1110. The average Bonchev–Trinajstić information content (AvgIpc) is 2.70. The molecule has 3 rings (SSSR count). The smallest absolute Gasteiger partial charge is 0.257 e. The van der Waals surface area contributed by atoms with Crippen LogP contribution in [0.1, 0.15) is 0 Å². The SMILES string of the molecule is COc1c(F)c(F)c(B(c2cc(F)cc(F)c2F)c2cc(F)cc(F)c2F)c(F)c1F. The monoisotopic (exact) mass is 452 g/mol. The number of methoxy groups -OCH3 is 1. The predicted octanol–water partition coefficient (Wildman–Crippen LogP) is 3.60. The number of halogens is 10. The molecule has 0 heterocycles. The van der Waals surface area contributed by atoms with Gasteiger partial charge < -0.3 is 4.74 Å². The van der Waals surface area contributed by atoms with Gasteiger partial charge in [-0.2, -0.15) is 8.78 Å². The fourth-order valence-corrected chi connectivity index (χ4v) is 3.11. The first-order valence-corrected chi connectivity index (χ1v) is 8.18. The van der Waals surface area contributed by atoms with Gasteiger partial charge in [0.2, 0.25) is 11.6 Å². The molecule has 0 aliphatic rings. The first kappa shape index (κ1) is 22.5. The van der Waals surface area contributed by atoms with Crippen LogP contribution in [0, 0.1) is 58.2 Å². The molecular weight excluding hydrogens is 445 g/mol. The summed E-state index contributed by atoms with van der Waals surface area (Å²) in [5, 5.41) is 0. The summed E-state index contributed by atoms with van der Waals surface area (Å²) in [4.78, 5) is 0. The molecule has 0 fully saturated rings. The second-order valence-corrected chi connectivity index (χ2v) is 6.22. The molecule has 0 aromatic heterocycles. The van der Waals surface area contributed by atoms with E-state index < -0.39 is 87.0 Å². The summed E-state index contributed by atoms with van der Waals surface area (Å²) in [6, 6.07) is 0.287. The Morgan fingerprint density at radius 2 is 0.935 bits per heavy atom. The van der Waals surface area contributed by atoms with Gasteiger partial charge in [-0.15, -0.1) is 0 Å². The van der Waals surface area contributed by atoms with Gasteiger partial charge in [-0.05, 0) is 23.1 Å². The van der Waals surface area contributed by atoms with Crippen LogP contribution in [-0.2, 0) is 0 Å². The van der Waals surface area contributed by atoms with E-state index in [0.29, 0.717) is 7.11 Å². The number of rotatable bonds is 4. The lowest BCUT2D eigenvalue weighted by molar-refractivity contribution is 0.335. The third-order valence-corrected chi connectivity index (χ3v) is 4.41. The summed E-state index contributed by atoms with van der Waals surface area (Å²) in [5.74, 6) is -21.3. The van der Waals surface area contributed by atoms with Crippen LogP contribution in [0.3, 0.4) is 0 Å². The van der Waals surface area contributed by atoms with Crippen molar-refractivity contribution in [3.05, 3.63) is 82.4 Å². The Balaban J connectivity index is 2.52. The molecule has 0 radical (unpaired) electrons. The van der Waals surface area contributed by atoms with Gasteiger partial charge in [-0.1, -0.05) is 0 Å². The summed E-state index contributed by atoms with van der Waals surface area (Å²) in [6.07, 6.45) is 0. The molecule has 0 aliphatic carbocycles. The molecule has 3 aromatic rings. The molecular formula is C19H7BF10O. The van der Waals surface area contributed by atoms with Crippen LogP contribution in [0.25, 0.3) is 0 Å². The quantitative estimate of drug-likeness (QED) is 0.334. The van der Waals surface area contributed by atoms with Crippen molar-refractivity contribution in [3.63, 3.8) is 0 Å². The van der Waals surface area contributed by atoms with E-state index in [4.69, 9.17) is 0 Å². The highest BCUT2D eigenvalue weighted by molar-refractivity contribution is 6.95. The van der Waals surface area contributed by atoms with E-state index in [-0.39, 0.29) is 24.3 Å². The lowest BCUT2D eigenvalue weighted by atomic mass is 9.36. The van der Waals surface area contributed by atoms with Crippen molar-refractivity contribution in [2.75, 3.05) is 7.11 Å². The molecule has 3 aromatic carbocycles. The van der Waals surface area contributed by atoms with Crippen LogP contribution >= 0.6 is 0 Å². The number of benzene rings is 3. The maximum Gasteiger partial charge on any atom is 0.257 e. The minimum Gasteiger partial charge on any atom is -0.491 e. The van der Waals surface area contributed by atoms with Gasteiger partial charge >= 0.3 is 0 Å².